The van der Waals surface area contributed by atoms with Crippen LogP contribution in [0.3, 0.4) is 0 Å². The zero-order valence-electron chi connectivity index (χ0n) is 13.4. The lowest BCUT2D eigenvalue weighted by Gasteiger charge is -2.18. The average Bonchev–Trinajstić information content (AvgIpc) is 3.22. The Labute approximate surface area is 152 Å². The fourth-order valence-corrected chi connectivity index (χ4v) is 3.70. The van der Waals surface area contributed by atoms with Gasteiger partial charge in [0.1, 0.15) is 16.6 Å². The molecule has 2 heterocycles. The largest absolute Gasteiger partial charge is 0.510 e. The van der Waals surface area contributed by atoms with Crippen LogP contribution in [0.25, 0.3) is 16.8 Å². The van der Waals surface area contributed by atoms with E-state index in [1.165, 1.54) is 17.4 Å². The van der Waals surface area contributed by atoms with Gasteiger partial charge in [-0.1, -0.05) is 18.2 Å². The summed E-state index contributed by atoms with van der Waals surface area (Å²) >= 11 is 1.24. The van der Waals surface area contributed by atoms with Crippen LogP contribution in [0.4, 0.5) is 14.5 Å². The Morgan fingerprint density at radius 1 is 1.08 bits per heavy atom. The number of rotatable bonds is 3. The molecule has 3 aromatic rings. The van der Waals surface area contributed by atoms with Crippen LogP contribution in [-0.4, -0.2) is 22.5 Å². The smallest absolute Gasteiger partial charge is 0.159 e. The van der Waals surface area contributed by atoms with E-state index >= 15 is 0 Å². The van der Waals surface area contributed by atoms with Crippen LogP contribution in [0.15, 0.2) is 59.7 Å². The predicted molar refractivity (Wildman–Crippen MR) is 98.5 cm³/mol. The van der Waals surface area contributed by atoms with Gasteiger partial charge in [-0.05, 0) is 30.3 Å². The van der Waals surface area contributed by atoms with E-state index in [9.17, 15) is 13.9 Å². The molecule has 0 unspecified atom stereocenters. The summed E-state index contributed by atoms with van der Waals surface area (Å²) in [6.07, 6.45) is 0. The van der Waals surface area contributed by atoms with Gasteiger partial charge in [0.15, 0.2) is 11.6 Å². The highest BCUT2D eigenvalue weighted by molar-refractivity contribution is 7.11. The number of nitrogens with one attached hydrogen (secondary N) is 1. The molecule has 4 nitrogen and oxygen atoms in total. The Morgan fingerprint density at radius 3 is 2.58 bits per heavy atom. The molecule has 0 spiro atoms. The number of thiazole rings is 1. The van der Waals surface area contributed by atoms with Crippen molar-refractivity contribution in [1.82, 2.24) is 4.98 Å². The number of nitrogens with zero attached hydrogens (tertiary/aromatic N) is 2. The summed E-state index contributed by atoms with van der Waals surface area (Å²) in [5.41, 5.74) is 2.07. The lowest BCUT2D eigenvalue weighted by molar-refractivity contribution is 0.411. The zero-order valence-corrected chi connectivity index (χ0v) is 14.2. The summed E-state index contributed by atoms with van der Waals surface area (Å²) in [4.78, 5) is 6.09. The average molecular weight is 369 g/mol. The molecule has 1 aromatic heterocycles. The molecule has 26 heavy (non-hydrogen) atoms. The molecule has 0 bridgehead atoms. The molecule has 1 aliphatic heterocycles. The molecule has 0 saturated carbocycles. The fraction of sp³-hybridized carbons (Fsp3) is 0.0526. The topological polar surface area (TPSA) is 60.2 Å². The molecule has 0 atom stereocenters. The van der Waals surface area contributed by atoms with Crippen molar-refractivity contribution in [2.45, 2.75) is 0 Å². The van der Waals surface area contributed by atoms with Crippen LogP contribution in [0.1, 0.15) is 5.01 Å². The number of hydrogen-bond donors (Lipinski definition) is 2. The summed E-state index contributed by atoms with van der Waals surface area (Å²) in [5, 5.41) is 20.9. The lowest BCUT2D eigenvalue weighted by atomic mass is 10.1. The van der Waals surface area contributed by atoms with Crippen LogP contribution >= 0.6 is 11.3 Å². The van der Waals surface area contributed by atoms with Crippen LogP contribution in [0.2, 0.25) is 0 Å². The van der Waals surface area contributed by atoms with Crippen molar-refractivity contribution in [3.8, 4) is 11.3 Å². The maximum Gasteiger partial charge on any atom is 0.159 e. The summed E-state index contributed by atoms with van der Waals surface area (Å²) < 4.78 is 26.6. The third kappa shape index (κ3) is 2.76. The van der Waals surface area contributed by atoms with Crippen LogP contribution in [-0.2, 0) is 0 Å². The Kier molecular flexibility index (Phi) is 4.00. The quantitative estimate of drug-likeness (QED) is 0.693. The third-order valence-corrected chi connectivity index (χ3v) is 4.96. The number of halogens is 2. The molecule has 130 valence electrons. The van der Waals surface area contributed by atoms with E-state index in [4.69, 9.17) is 5.41 Å². The molecular formula is C19H13F2N3OS. The molecule has 4 rings (SSSR count). The van der Waals surface area contributed by atoms with E-state index in [1.54, 1.807) is 10.3 Å². The molecular weight excluding hydrogens is 356 g/mol. The second-order valence-electron chi connectivity index (χ2n) is 5.76. The predicted octanol–water partition coefficient (Wildman–Crippen LogP) is 4.85. The second-order valence-corrected chi connectivity index (χ2v) is 6.62. The van der Waals surface area contributed by atoms with Crippen molar-refractivity contribution in [3.05, 3.63) is 76.3 Å². The normalized spacial score (nSPS) is 14.4. The van der Waals surface area contributed by atoms with E-state index in [1.807, 2.05) is 30.3 Å². The zero-order chi connectivity index (χ0) is 18.3. The number of aromatic nitrogens is 1. The first-order valence-electron chi connectivity index (χ1n) is 7.79. The van der Waals surface area contributed by atoms with Crippen LogP contribution < -0.4 is 4.90 Å². The Bertz CT molecular complexity index is 1030. The van der Waals surface area contributed by atoms with E-state index in [2.05, 4.69) is 4.98 Å². The summed E-state index contributed by atoms with van der Waals surface area (Å²) in [6, 6.07) is 12.9. The second kappa shape index (κ2) is 6.34. The molecule has 0 radical (unpaired) electrons. The lowest BCUT2D eigenvalue weighted by Crippen LogP contribution is -2.25. The monoisotopic (exact) mass is 369 g/mol. The molecule has 1 aliphatic rings. The molecule has 0 amide bonds. The minimum atomic E-state index is -0.942. The highest BCUT2D eigenvalue weighted by Crippen LogP contribution is 2.34. The van der Waals surface area contributed by atoms with Gasteiger partial charge in [0.25, 0.3) is 0 Å². The van der Waals surface area contributed by atoms with Gasteiger partial charge < -0.3 is 10.0 Å². The number of para-hydroxylation sites is 1. The highest BCUT2D eigenvalue weighted by Gasteiger charge is 2.31. The van der Waals surface area contributed by atoms with E-state index in [0.717, 1.165) is 17.8 Å². The minimum Gasteiger partial charge on any atom is -0.510 e. The number of hydrogen-bond acceptors (Lipinski definition) is 4. The number of aliphatic hydroxyl groups excluding tert-OH is 1. The third-order valence-electron chi connectivity index (χ3n) is 4.10. The van der Waals surface area contributed by atoms with Gasteiger partial charge in [-0.3, -0.25) is 5.41 Å². The minimum absolute atomic E-state index is 0.0602. The van der Waals surface area contributed by atoms with Crippen LogP contribution in [0.5, 0.6) is 0 Å². The Balaban J connectivity index is 1.66. The Hall–Kier alpha value is -3.06. The van der Waals surface area contributed by atoms with Gasteiger partial charge in [0.2, 0.25) is 0 Å². The van der Waals surface area contributed by atoms with Crippen molar-refractivity contribution < 1.29 is 13.9 Å². The molecule has 0 saturated heterocycles. The highest BCUT2D eigenvalue weighted by atomic mass is 32.1. The van der Waals surface area contributed by atoms with Crippen molar-refractivity contribution in [3.63, 3.8) is 0 Å². The van der Waals surface area contributed by atoms with Gasteiger partial charge in [0.05, 0.1) is 17.8 Å². The summed E-state index contributed by atoms with van der Waals surface area (Å²) in [5.74, 6) is -1.64. The first kappa shape index (κ1) is 16.4. The molecule has 0 aliphatic carbocycles. The van der Waals surface area contributed by atoms with Crippen molar-refractivity contribution >= 4 is 28.4 Å². The maximum absolute atomic E-state index is 13.4. The van der Waals surface area contributed by atoms with Crippen molar-refractivity contribution in [2.24, 2.45) is 0 Å². The summed E-state index contributed by atoms with van der Waals surface area (Å²) in [6.45, 7) is 0.193. The van der Waals surface area contributed by atoms with Gasteiger partial charge >= 0.3 is 0 Å². The number of amidine groups is 1. The van der Waals surface area contributed by atoms with Gasteiger partial charge in [-0.15, -0.1) is 11.3 Å². The SMILES string of the molecule is N=C1C(c2nc(-c3ccc(F)c(F)c3)cs2)=C(O)CN1c1ccccc1. The number of aliphatic hydroxyl groups is 1. The summed E-state index contributed by atoms with van der Waals surface area (Å²) in [7, 11) is 0. The first-order chi connectivity index (χ1) is 12.5. The molecule has 0 fully saturated rings. The molecule has 2 aromatic carbocycles. The van der Waals surface area contributed by atoms with Crippen molar-refractivity contribution in [1.29, 1.82) is 5.41 Å². The van der Waals surface area contributed by atoms with E-state index in [-0.39, 0.29) is 18.1 Å². The Morgan fingerprint density at radius 2 is 1.85 bits per heavy atom. The standard InChI is InChI=1S/C19H13F2N3OS/c20-13-7-6-11(8-14(13)21)15-10-26-19(23-15)17-16(25)9-24(18(17)22)12-4-2-1-3-5-12/h1-8,10,22,25H,9H2. The molecule has 2 N–H and O–H groups in total. The van der Waals surface area contributed by atoms with Crippen molar-refractivity contribution in [2.75, 3.05) is 11.4 Å². The number of benzene rings is 2. The molecule has 7 heteroatoms. The van der Waals surface area contributed by atoms with E-state index in [0.29, 0.717) is 21.8 Å². The van der Waals surface area contributed by atoms with E-state index < -0.39 is 11.6 Å². The first-order valence-corrected chi connectivity index (χ1v) is 8.67. The van der Waals surface area contributed by atoms with Gasteiger partial charge in [-0.2, -0.15) is 0 Å². The van der Waals surface area contributed by atoms with Gasteiger partial charge in [-0.25, -0.2) is 13.8 Å². The van der Waals surface area contributed by atoms with Crippen LogP contribution in [0, 0.1) is 17.0 Å². The number of anilines is 1. The fourth-order valence-electron chi connectivity index (χ4n) is 2.81. The maximum atomic E-state index is 13.4. The van der Waals surface area contributed by atoms with Gasteiger partial charge in [0, 0.05) is 16.6 Å².